The second-order valence-electron chi connectivity index (χ2n) is 2.06. The van der Waals surface area contributed by atoms with E-state index < -0.39 is 0 Å². The van der Waals surface area contributed by atoms with E-state index >= 15 is 0 Å². The third-order valence-corrected chi connectivity index (χ3v) is 1.77. The molecular formula is C7H9FNP. The van der Waals surface area contributed by atoms with Crippen LogP contribution in [0.25, 0.3) is 0 Å². The van der Waals surface area contributed by atoms with Gasteiger partial charge in [-0.1, -0.05) is 12.1 Å². The molecular weight excluding hydrogens is 148 g/mol. The second-order valence-corrected chi connectivity index (χ2v) is 2.68. The zero-order chi connectivity index (χ0) is 7.56. The predicted molar refractivity (Wildman–Crippen MR) is 43.6 cm³/mol. The maximum Gasteiger partial charge on any atom is 0.130 e. The SMILES string of the molecule is NCc1ccc(P)c(F)c1. The first-order valence-electron chi connectivity index (χ1n) is 2.98. The maximum atomic E-state index is 12.7. The number of hydrogen-bond acceptors (Lipinski definition) is 1. The Morgan fingerprint density at radius 3 is 2.70 bits per heavy atom. The van der Waals surface area contributed by atoms with Crippen molar-refractivity contribution < 1.29 is 4.39 Å². The fourth-order valence-corrected chi connectivity index (χ4v) is 0.877. The van der Waals surface area contributed by atoms with Crippen LogP contribution in [0.15, 0.2) is 18.2 Å². The smallest absolute Gasteiger partial charge is 0.130 e. The van der Waals surface area contributed by atoms with E-state index in [2.05, 4.69) is 9.24 Å². The molecule has 0 aliphatic heterocycles. The lowest BCUT2D eigenvalue weighted by Gasteiger charge is -1.97. The Morgan fingerprint density at radius 1 is 1.50 bits per heavy atom. The van der Waals surface area contributed by atoms with Gasteiger partial charge in [0.25, 0.3) is 0 Å². The van der Waals surface area contributed by atoms with Crippen molar-refractivity contribution in [3.8, 4) is 0 Å². The third kappa shape index (κ3) is 1.53. The van der Waals surface area contributed by atoms with Gasteiger partial charge < -0.3 is 5.73 Å². The minimum Gasteiger partial charge on any atom is -0.326 e. The van der Waals surface area contributed by atoms with Gasteiger partial charge in [-0.25, -0.2) is 4.39 Å². The molecule has 0 aliphatic carbocycles. The van der Waals surface area contributed by atoms with E-state index in [9.17, 15) is 4.39 Å². The van der Waals surface area contributed by atoms with Crippen LogP contribution in [0.5, 0.6) is 0 Å². The van der Waals surface area contributed by atoms with Gasteiger partial charge in [0.2, 0.25) is 0 Å². The van der Waals surface area contributed by atoms with Crippen LogP contribution in [0.4, 0.5) is 4.39 Å². The summed E-state index contributed by atoms with van der Waals surface area (Å²) in [6, 6.07) is 4.95. The fraction of sp³-hybridized carbons (Fsp3) is 0.143. The molecule has 0 bridgehead atoms. The molecule has 0 aromatic heterocycles. The van der Waals surface area contributed by atoms with Crippen LogP contribution in [0.2, 0.25) is 0 Å². The van der Waals surface area contributed by atoms with Gasteiger partial charge in [-0.15, -0.1) is 9.24 Å². The van der Waals surface area contributed by atoms with Crippen LogP contribution >= 0.6 is 9.24 Å². The van der Waals surface area contributed by atoms with Crippen LogP contribution in [0.3, 0.4) is 0 Å². The van der Waals surface area contributed by atoms with Gasteiger partial charge in [0.15, 0.2) is 0 Å². The molecule has 0 spiro atoms. The largest absolute Gasteiger partial charge is 0.326 e. The molecule has 1 aromatic rings. The molecule has 0 amide bonds. The van der Waals surface area contributed by atoms with Gasteiger partial charge in [0.1, 0.15) is 5.82 Å². The monoisotopic (exact) mass is 157 g/mol. The van der Waals surface area contributed by atoms with Crippen molar-refractivity contribution in [2.75, 3.05) is 0 Å². The summed E-state index contributed by atoms with van der Waals surface area (Å²) >= 11 is 0. The van der Waals surface area contributed by atoms with Crippen molar-refractivity contribution in [1.82, 2.24) is 0 Å². The molecule has 1 rings (SSSR count). The van der Waals surface area contributed by atoms with Crippen molar-refractivity contribution in [2.24, 2.45) is 5.73 Å². The Bertz CT molecular complexity index is 237. The zero-order valence-electron chi connectivity index (χ0n) is 5.47. The molecule has 1 nitrogen and oxygen atoms in total. The highest BCUT2D eigenvalue weighted by atomic mass is 31.0. The summed E-state index contributed by atoms with van der Waals surface area (Å²) in [5, 5.41) is 0.581. The molecule has 54 valence electrons. The quantitative estimate of drug-likeness (QED) is 0.599. The van der Waals surface area contributed by atoms with Gasteiger partial charge >= 0.3 is 0 Å². The molecule has 1 aromatic carbocycles. The first-order valence-corrected chi connectivity index (χ1v) is 3.55. The number of hydrogen-bond donors (Lipinski definition) is 1. The summed E-state index contributed by atoms with van der Waals surface area (Å²) in [6.45, 7) is 0.391. The predicted octanol–water partition coefficient (Wildman–Crippen LogP) is 0.785. The Hall–Kier alpha value is -0.460. The van der Waals surface area contributed by atoms with Crippen molar-refractivity contribution in [3.05, 3.63) is 29.6 Å². The lowest BCUT2D eigenvalue weighted by Crippen LogP contribution is -2.02. The van der Waals surface area contributed by atoms with Crippen LogP contribution in [-0.4, -0.2) is 0 Å². The number of rotatable bonds is 1. The van der Waals surface area contributed by atoms with E-state index in [4.69, 9.17) is 5.73 Å². The van der Waals surface area contributed by atoms with E-state index in [-0.39, 0.29) is 5.82 Å². The van der Waals surface area contributed by atoms with Gasteiger partial charge in [0, 0.05) is 11.8 Å². The average Bonchev–Trinajstić information content (AvgIpc) is 1.95. The Kier molecular flexibility index (Phi) is 2.36. The zero-order valence-corrected chi connectivity index (χ0v) is 6.63. The molecule has 0 heterocycles. The minimum absolute atomic E-state index is 0.215. The average molecular weight is 157 g/mol. The third-order valence-electron chi connectivity index (χ3n) is 1.30. The second kappa shape index (κ2) is 3.09. The normalized spacial score (nSPS) is 9.90. The Morgan fingerprint density at radius 2 is 2.20 bits per heavy atom. The molecule has 2 N–H and O–H groups in total. The summed E-state index contributed by atoms with van der Waals surface area (Å²) in [5.41, 5.74) is 6.12. The van der Waals surface area contributed by atoms with Crippen molar-refractivity contribution >= 4 is 14.5 Å². The molecule has 3 heteroatoms. The van der Waals surface area contributed by atoms with E-state index in [0.717, 1.165) is 5.56 Å². The van der Waals surface area contributed by atoms with E-state index in [1.54, 1.807) is 6.07 Å². The Balaban J connectivity index is 3.04. The topological polar surface area (TPSA) is 26.0 Å². The lowest BCUT2D eigenvalue weighted by atomic mass is 10.2. The molecule has 0 aliphatic rings. The molecule has 0 saturated carbocycles. The summed E-state index contributed by atoms with van der Waals surface area (Å²) in [7, 11) is 2.31. The van der Waals surface area contributed by atoms with Gasteiger partial charge in [-0.3, -0.25) is 0 Å². The van der Waals surface area contributed by atoms with E-state index in [0.29, 0.717) is 11.8 Å². The molecule has 0 radical (unpaired) electrons. The maximum absolute atomic E-state index is 12.7. The highest BCUT2D eigenvalue weighted by Crippen LogP contribution is 2.02. The molecule has 0 fully saturated rings. The van der Waals surface area contributed by atoms with E-state index in [1.807, 2.05) is 6.07 Å². The molecule has 0 saturated heterocycles. The number of benzene rings is 1. The first-order chi connectivity index (χ1) is 4.74. The highest BCUT2D eigenvalue weighted by Gasteiger charge is 1.96. The molecule has 10 heavy (non-hydrogen) atoms. The highest BCUT2D eigenvalue weighted by molar-refractivity contribution is 7.27. The molecule has 1 atom stereocenters. The van der Waals surface area contributed by atoms with Gasteiger partial charge in [-0.05, 0) is 11.6 Å². The summed E-state index contributed by atoms with van der Waals surface area (Å²) < 4.78 is 12.7. The number of halogens is 1. The van der Waals surface area contributed by atoms with Gasteiger partial charge in [-0.2, -0.15) is 0 Å². The standard InChI is InChI=1S/C7H9FNP/c8-6-3-5(4-9)1-2-7(6)10/h1-3H,4,9-10H2. The van der Waals surface area contributed by atoms with E-state index in [1.165, 1.54) is 6.07 Å². The van der Waals surface area contributed by atoms with Crippen molar-refractivity contribution in [1.29, 1.82) is 0 Å². The summed E-state index contributed by atoms with van der Waals surface area (Å²) in [4.78, 5) is 0. The van der Waals surface area contributed by atoms with Crippen molar-refractivity contribution in [2.45, 2.75) is 6.54 Å². The van der Waals surface area contributed by atoms with Crippen LogP contribution in [0.1, 0.15) is 5.56 Å². The van der Waals surface area contributed by atoms with Crippen LogP contribution in [-0.2, 0) is 6.54 Å². The summed E-state index contributed by atoms with van der Waals surface area (Å²) in [6.07, 6.45) is 0. The van der Waals surface area contributed by atoms with Gasteiger partial charge in [0.05, 0.1) is 0 Å². The fourth-order valence-electron chi connectivity index (χ4n) is 0.698. The van der Waals surface area contributed by atoms with Crippen LogP contribution in [0, 0.1) is 5.82 Å². The van der Waals surface area contributed by atoms with Crippen molar-refractivity contribution in [3.63, 3.8) is 0 Å². The van der Waals surface area contributed by atoms with Crippen LogP contribution < -0.4 is 11.0 Å². The number of nitrogens with two attached hydrogens (primary N) is 1. The minimum atomic E-state index is -0.215. The lowest BCUT2D eigenvalue weighted by molar-refractivity contribution is 0.634. The summed E-state index contributed by atoms with van der Waals surface area (Å²) in [5.74, 6) is -0.215. The molecule has 1 unspecified atom stereocenters. The Labute approximate surface area is 61.6 Å². The first kappa shape index (κ1) is 7.64.